The zero-order valence-electron chi connectivity index (χ0n) is 9.98. The molecule has 0 aliphatic heterocycles. The van der Waals surface area contributed by atoms with Crippen molar-refractivity contribution in [1.29, 1.82) is 0 Å². The third kappa shape index (κ3) is 3.70. The summed E-state index contributed by atoms with van der Waals surface area (Å²) < 4.78 is 0. The molecule has 0 unspecified atom stereocenters. The Bertz CT molecular complexity index is 653. The number of carbonyl (C=O) groups is 1. The Morgan fingerprint density at radius 1 is 1.20 bits per heavy atom. The second-order valence-corrected chi connectivity index (χ2v) is 4.90. The molecule has 0 aliphatic rings. The fraction of sp³-hybridized carbons (Fsp3) is 0. The van der Waals surface area contributed by atoms with Gasteiger partial charge in [-0.2, -0.15) is 5.10 Å². The van der Waals surface area contributed by atoms with E-state index in [9.17, 15) is 4.79 Å². The van der Waals surface area contributed by atoms with Gasteiger partial charge >= 0.3 is 0 Å². The first-order valence-electron chi connectivity index (χ1n) is 5.47. The van der Waals surface area contributed by atoms with Crippen LogP contribution in [0.2, 0.25) is 15.2 Å². The number of benzene rings is 1. The van der Waals surface area contributed by atoms with Crippen molar-refractivity contribution in [2.24, 2.45) is 5.10 Å². The number of carbonyl (C=O) groups excluding carboxylic acids is 1. The predicted octanol–water partition coefficient (Wildman–Crippen LogP) is 3.81. The van der Waals surface area contributed by atoms with E-state index in [1.807, 2.05) is 0 Å². The van der Waals surface area contributed by atoms with Crippen LogP contribution in [-0.4, -0.2) is 17.1 Å². The Morgan fingerprint density at radius 3 is 2.55 bits per heavy atom. The maximum absolute atomic E-state index is 11.8. The summed E-state index contributed by atoms with van der Waals surface area (Å²) >= 11 is 17.6. The van der Waals surface area contributed by atoms with Gasteiger partial charge in [-0.3, -0.25) is 4.79 Å². The van der Waals surface area contributed by atoms with Crippen LogP contribution in [0.15, 0.2) is 41.6 Å². The van der Waals surface area contributed by atoms with Crippen molar-refractivity contribution in [2.75, 3.05) is 0 Å². The summed E-state index contributed by atoms with van der Waals surface area (Å²) in [5.74, 6) is -0.409. The molecule has 0 atom stereocenters. The fourth-order valence-electron chi connectivity index (χ4n) is 1.40. The molecular formula is C13H8Cl3N3O. The van der Waals surface area contributed by atoms with Crippen LogP contribution >= 0.6 is 34.8 Å². The second-order valence-electron chi connectivity index (χ2n) is 3.70. The van der Waals surface area contributed by atoms with Crippen LogP contribution in [-0.2, 0) is 0 Å². The molecule has 2 rings (SSSR count). The normalized spacial score (nSPS) is 10.8. The number of amides is 1. The third-order valence-electron chi connectivity index (χ3n) is 2.35. The van der Waals surface area contributed by atoms with Gasteiger partial charge in [0.1, 0.15) is 5.15 Å². The number of nitrogens with zero attached hydrogens (tertiary/aromatic N) is 2. The van der Waals surface area contributed by atoms with E-state index in [0.717, 1.165) is 0 Å². The number of rotatable bonds is 3. The quantitative estimate of drug-likeness (QED) is 0.529. The molecule has 0 radical (unpaired) electrons. The summed E-state index contributed by atoms with van der Waals surface area (Å²) in [7, 11) is 0. The second kappa shape index (κ2) is 6.70. The number of hydrazone groups is 1. The number of halogens is 3. The summed E-state index contributed by atoms with van der Waals surface area (Å²) in [5, 5.41) is 4.94. The molecule has 0 spiro atoms. The molecule has 7 heteroatoms. The molecule has 0 saturated carbocycles. The standard InChI is InChI=1S/C13H8Cl3N3O/c14-10-2-1-3-11(15)9(10)7-18-19-13(20)8-4-5-17-12(16)6-8/h1-7H,(H,19,20). The minimum absolute atomic E-state index is 0.232. The molecule has 4 nitrogen and oxygen atoms in total. The van der Waals surface area contributed by atoms with Gasteiger partial charge in [-0.1, -0.05) is 40.9 Å². The van der Waals surface area contributed by atoms with Gasteiger partial charge in [0, 0.05) is 17.3 Å². The van der Waals surface area contributed by atoms with Gasteiger partial charge in [-0.15, -0.1) is 0 Å². The van der Waals surface area contributed by atoms with Crippen molar-refractivity contribution >= 4 is 46.9 Å². The highest BCUT2D eigenvalue weighted by molar-refractivity contribution is 6.38. The Morgan fingerprint density at radius 2 is 1.90 bits per heavy atom. The van der Waals surface area contributed by atoms with E-state index in [4.69, 9.17) is 34.8 Å². The molecule has 1 amide bonds. The van der Waals surface area contributed by atoms with Crippen molar-refractivity contribution in [2.45, 2.75) is 0 Å². The van der Waals surface area contributed by atoms with E-state index in [0.29, 0.717) is 21.2 Å². The van der Waals surface area contributed by atoms with E-state index >= 15 is 0 Å². The summed E-state index contributed by atoms with van der Waals surface area (Å²) in [4.78, 5) is 15.6. The minimum Gasteiger partial charge on any atom is -0.267 e. The maximum Gasteiger partial charge on any atom is 0.271 e. The molecule has 1 heterocycles. The van der Waals surface area contributed by atoms with Crippen molar-refractivity contribution in [3.05, 3.63) is 62.9 Å². The van der Waals surface area contributed by atoms with Crippen LogP contribution in [0.3, 0.4) is 0 Å². The Hall–Kier alpha value is -1.62. The van der Waals surface area contributed by atoms with Crippen LogP contribution < -0.4 is 5.43 Å². The highest BCUT2D eigenvalue weighted by atomic mass is 35.5. The molecule has 1 aromatic heterocycles. The Balaban J connectivity index is 2.09. The summed E-state index contributed by atoms with van der Waals surface area (Å²) in [6.45, 7) is 0. The van der Waals surface area contributed by atoms with E-state index in [1.165, 1.54) is 24.5 Å². The third-order valence-corrected chi connectivity index (χ3v) is 3.21. The number of hydrogen-bond acceptors (Lipinski definition) is 3. The number of nitrogens with one attached hydrogen (secondary N) is 1. The van der Waals surface area contributed by atoms with Crippen molar-refractivity contribution in [3.63, 3.8) is 0 Å². The topological polar surface area (TPSA) is 54.4 Å². The number of pyridine rings is 1. The lowest BCUT2D eigenvalue weighted by molar-refractivity contribution is 0.0955. The summed E-state index contributed by atoms with van der Waals surface area (Å²) in [5.41, 5.74) is 3.24. The molecule has 1 aromatic carbocycles. The smallest absolute Gasteiger partial charge is 0.267 e. The maximum atomic E-state index is 11.8. The van der Waals surface area contributed by atoms with E-state index in [-0.39, 0.29) is 5.15 Å². The van der Waals surface area contributed by atoms with Crippen molar-refractivity contribution in [1.82, 2.24) is 10.4 Å². The van der Waals surface area contributed by atoms with Crippen LogP contribution in [0.4, 0.5) is 0 Å². The SMILES string of the molecule is O=C(NN=Cc1c(Cl)cccc1Cl)c1ccnc(Cl)c1. The zero-order chi connectivity index (χ0) is 14.5. The fourth-order valence-corrected chi connectivity index (χ4v) is 2.07. The summed E-state index contributed by atoms with van der Waals surface area (Å²) in [6.07, 6.45) is 2.82. The van der Waals surface area contributed by atoms with Crippen molar-refractivity contribution in [3.8, 4) is 0 Å². The lowest BCUT2D eigenvalue weighted by Gasteiger charge is -2.02. The number of aromatic nitrogens is 1. The van der Waals surface area contributed by atoms with Gasteiger partial charge in [-0.05, 0) is 24.3 Å². The largest absolute Gasteiger partial charge is 0.271 e. The van der Waals surface area contributed by atoms with Gasteiger partial charge in [-0.25, -0.2) is 10.4 Å². The minimum atomic E-state index is -0.409. The summed E-state index contributed by atoms with van der Waals surface area (Å²) in [6, 6.07) is 8.05. The Kier molecular flexibility index (Phi) is 4.95. The van der Waals surface area contributed by atoms with Gasteiger partial charge in [0.25, 0.3) is 5.91 Å². The van der Waals surface area contributed by atoms with Gasteiger partial charge in [0.2, 0.25) is 0 Å². The highest BCUT2D eigenvalue weighted by Crippen LogP contribution is 2.22. The zero-order valence-corrected chi connectivity index (χ0v) is 12.2. The molecule has 20 heavy (non-hydrogen) atoms. The molecule has 0 saturated heterocycles. The highest BCUT2D eigenvalue weighted by Gasteiger charge is 2.06. The van der Waals surface area contributed by atoms with E-state index in [1.54, 1.807) is 18.2 Å². The average Bonchev–Trinajstić information content (AvgIpc) is 2.42. The van der Waals surface area contributed by atoms with Gasteiger partial charge < -0.3 is 0 Å². The van der Waals surface area contributed by atoms with Crippen LogP contribution in [0.5, 0.6) is 0 Å². The average molecular weight is 329 g/mol. The number of hydrogen-bond donors (Lipinski definition) is 1. The van der Waals surface area contributed by atoms with E-state index < -0.39 is 5.91 Å². The molecule has 102 valence electrons. The first-order valence-corrected chi connectivity index (χ1v) is 6.60. The lowest BCUT2D eigenvalue weighted by atomic mass is 10.2. The molecule has 0 aliphatic carbocycles. The van der Waals surface area contributed by atoms with Crippen molar-refractivity contribution < 1.29 is 4.79 Å². The molecule has 0 bridgehead atoms. The van der Waals surface area contributed by atoms with Gasteiger partial charge in [0.05, 0.1) is 16.3 Å². The molecule has 1 N–H and O–H groups in total. The first-order chi connectivity index (χ1) is 9.58. The Labute approximate surface area is 130 Å². The van der Waals surface area contributed by atoms with Crippen LogP contribution in [0.1, 0.15) is 15.9 Å². The lowest BCUT2D eigenvalue weighted by Crippen LogP contribution is -2.17. The molecular weight excluding hydrogens is 321 g/mol. The van der Waals surface area contributed by atoms with Crippen LogP contribution in [0, 0.1) is 0 Å². The van der Waals surface area contributed by atoms with Gasteiger partial charge in [0.15, 0.2) is 0 Å². The molecule has 0 fully saturated rings. The molecule has 2 aromatic rings. The predicted molar refractivity (Wildman–Crippen MR) is 80.8 cm³/mol. The monoisotopic (exact) mass is 327 g/mol. The first kappa shape index (κ1) is 14.8. The van der Waals surface area contributed by atoms with Crippen LogP contribution in [0.25, 0.3) is 0 Å². The van der Waals surface area contributed by atoms with E-state index in [2.05, 4.69) is 15.5 Å².